The fourth-order valence-corrected chi connectivity index (χ4v) is 3.18. The molecule has 1 N–H and O–H groups in total. The van der Waals surface area contributed by atoms with Gasteiger partial charge < -0.3 is 15.0 Å². The number of carbonyl (C=O) groups excluding carboxylic acids is 1. The molecule has 2 aromatic rings. The van der Waals surface area contributed by atoms with Crippen LogP contribution in [0.5, 0.6) is 5.75 Å². The smallest absolute Gasteiger partial charge is 0.255 e. The lowest BCUT2D eigenvalue weighted by molar-refractivity contribution is 0.102. The lowest BCUT2D eigenvalue weighted by Crippen LogP contribution is -2.30. The van der Waals surface area contributed by atoms with Crippen LogP contribution in [0.3, 0.4) is 0 Å². The number of nitrogens with one attached hydrogen (secondary N) is 1. The van der Waals surface area contributed by atoms with Crippen molar-refractivity contribution in [3.8, 4) is 5.75 Å². The first-order chi connectivity index (χ1) is 12.7. The molecule has 26 heavy (non-hydrogen) atoms. The topological polar surface area (TPSA) is 41.6 Å². The Labute approximate surface area is 156 Å². The van der Waals surface area contributed by atoms with E-state index in [1.807, 2.05) is 49.4 Å². The fraction of sp³-hybridized carbons (Fsp3) is 0.409. The number of piperidine rings is 1. The number of carbonyl (C=O) groups is 1. The Kier molecular flexibility index (Phi) is 6.16. The van der Waals surface area contributed by atoms with Crippen LogP contribution >= 0.6 is 0 Å². The Morgan fingerprint density at radius 3 is 2.46 bits per heavy atom. The summed E-state index contributed by atoms with van der Waals surface area (Å²) in [7, 11) is 0. The molecule has 0 aliphatic carbocycles. The molecule has 4 nitrogen and oxygen atoms in total. The van der Waals surface area contributed by atoms with Crippen molar-refractivity contribution < 1.29 is 9.53 Å². The Morgan fingerprint density at radius 2 is 1.77 bits per heavy atom. The van der Waals surface area contributed by atoms with Crippen molar-refractivity contribution in [3.05, 3.63) is 54.1 Å². The zero-order chi connectivity index (χ0) is 18.4. The van der Waals surface area contributed by atoms with Crippen molar-refractivity contribution in [1.82, 2.24) is 0 Å². The molecule has 1 heterocycles. The second-order valence-corrected chi connectivity index (χ2v) is 6.88. The van der Waals surface area contributed by atoms with E-state index in [0.29, 0.717) is 5.56 Å². The first-order valence-corrected chi connectivity index (χ1v) is 9.59. The number of para-hydroxylation sites is 2. The van der Waals surface area contributed by atoms with Gasteiger partial charge in [-0.15, -0.1) is 0 Å². The van der Waals surface area contributed by atoms with Gasteiger partial charge >= 0.3 is 0 Å². The highest BCUT2D eigenvalue weighted by Crippen LogP contribution is 2.28. The average molecular weight is 352 g/mol. The molecule has 0 spiro atoms. The van der Waals surface area contributed by atoms with E-state index in [4.69, 9.17) is 4.74 Å². The van der Waals surface area contributed by atoms with E-state index in [1.165, 1.54) is 19.3 Å². The predicted molar refractivity (Wildman–Crippen MR) is 107 cm³/mol. The molecule has 1 atom stereocenters. The largest absolute Gasteiger partial charge is 0.491 e. The lowest BCUT2D eigenvalue weighted by Gasteiger charge is -2.30. The molecule has 1 saturated heterocycles. The molecular weight excluding hydrogens is 324 g/mol. The van der Waals surface area contributed by atoms with Gasteiger partial charge in [-0.2, -0.15) is 0 Å². The van der Waals surface area contributed by atoms with E-state index in [1.54, 1.807) is 0 Å². The van der Waals surface area contributed by atoms with E-state index in [9.17, 15) is 4.79 Å². The van der Waals surface area contributed by atoms with Crippen LogP contribution in [0.15, 0.2) is 48.5 Å². The van der Waals surface area contributed by atoms with Gasteiger partial charge in [0.1, 0.15) is 5.75 Å². The van der Waals surface area contributed by atoms with Crippen molar-refractivity contribution in [2.24, 2.45) is 0 Å². The molecule has 1 amide bonds. The van der Waals surface area contributed by atoms with Gasteiger partial charge in [-0.1, -0.05) is 19.1 Å². The van der Waals surface area contributed by atoms with Gasteiger partial charge in [-0.3, -0.25) is 4.79 Å². The van der Waals surface area contributed by atoms with Gasteiger partial charge in [0.25, 0.3) is 5.91 Å². The minimum atomic E-state index is -0.0930. The number of amides is 1. The van der Waals surface area contributed by atoms with Crippen LogP contribution in [-0.2, 0) is 0 Å². The fourth-order valence-electron chi connectivity index (χ4n) is 3.18. The molecule has 138 valence electrons. The van der Waals surface area contributed by atoms with Crippen molar-refractivity contribution in [3.63, 3.8) is 0 Å². The first kappa shape index (κ1) is 18.3. The molecule has 0 unspecified atom stereocenters. The lowest BCUT2D eigenvalue weighted by atomic mass is 10.1. The highest BCUT2D eigenvalue weighted by molar-refractivity contribution is 6.06. The third-order valence-corrected chi connectivity index (χ3v) is 4.88. The highest BCUT2D eigenvalue weighted by atomic mass is 16.5. The standard InChI is InChI=1S/C22H28N2O2/c1-3-17(2)26-19-13-11-18(12-14-19)22(25)23-20-9-5-6-10-21(20)24-15-7-4-8-16-24/h5-6,9-14,17H,3-4,7-8,15-16H2,1-2H3,(H,23,25)/t17-/m0/s1. The van der Waals surface area contributed by atoms with Crippen LogP contribution in [0.25, 0.3) is 0 Å². The van der Waals surface area contributed by atoms with E-state index in [0.717, 1.165) is 36.6 Å². The van der Waals surface area contributed by atoms with Crippen LogP contribution in [0.1, 0.15) is 49.9 Å². The molecule has 0 saturated carbocycles. The molecule has 4 heteroatoms. The summed E-state index contributed by atoms with van der Waals surface area (Å²) in [4.78, 5) is 15.0. The molecule has 2 aromatic carbocycles. The maximum Gasteiger partial charge on any atom is 0.255 e. The van der Waals surface area contributed by atoms with Gasteiger partial charge in [-0.25, -0.2) is 0 Å². The number of hydrogen-bond acceptors (Lipinski definition) is 3. The second-order valence-electron chi connectivity index (χ2n) is 6.88. The molecule has 1 aliphatic heterocycles. The third kappa shape index (κ3) is 4.57. The SMILES string of the molecule is CC[C@H](C)Oc1ccc(C(=O)Nc2ccccc2N2CCCCC2)cc1. The molecule has 0 bridgehead atoms. The first-order valence-electron chi connectivity index (χ1n) is 9.59. The maximum atomic E-state index is 12.7. The van der Waals surface area contributed by atoms with Crippen LogP contribution in [-0.4, -0.2) is 25.1 Å². The molecular formula is C22H28N2O2. The van der Waals surface area contributed by atoms with E-state index in [-0.39, 0.29) is 12.0 Å². The Morgan fingerprint density at radius 1 is 1.08 bits per heavy atom. The van der Waals surface area contributed by atoms with Crippen molar-refractivity contribution in [2.75, 3.05) is 23.3 Å². The van der Waals surface area contributed by atoms with Gasteiger partial charge in [-0.05, 0) is 69.0 Å². The van der Waals surface area contributed by atoms with E-state index >= 15 is 0 Å². The number of rotatable bonds is 6. The van der Waals surface area contributed by atoms with Crippen LogP contribution in [0, 0.1) is 0 Å². The van der Waals surface area contributed by atoms with E-state index in [2.05, 4.69) is 23.2 Å². The summed E-state index contributed by atoms with van der Waals surface area (Å²) in [6.07, 6.45) is 4.83. The van der Waals surface area contributed by atoms with Gasteiger partial charge in [0.2, 0.25) is 0 Å². The predicted octanol–water partition coefficient (Wildman–Crippen LogP) is 5.11. The van der Waals surface area contributed by atoms with Crippen molar-refractivity contribution in [1.29, 1.82) is 0 Å². The van der Waals surface area contributed by atoms with Crippen molar-refractivity contribution >= 4 is 17.3 Å². The zero-order valence-corrected chi connectivity index (χ0v) is 15.7. The number of ether oxygens (including phenoxy) is 1. The summed E-state index contributed by atoms with van der Waals surface area (Å²) >= 11 is 0. The molecule has 0 aromatic heterocycles. The number of nitrogens with zero attached hydrogens (tertiary/aromatic N) is 1. The zero-order valence-electron chi connectivity index (χ0n) is 15.7. The monoisotopic (exact) mass is 352 g/mol. The van der Waals surface area contributed by atoms with Crippen LogP contribution in [0.4, 0.5) is 11.4 Å². The molecule has 1 fully saturated rings. The summed E-state index contributed by atoms with van der Waals surface area (Å²) in [5.41, 5.74) is 2.62. The maximum absolute atomic E-state index is 12.7. The summed E-state index contributed by atoms with van der Waals surface area (Å²) in [5.74, 6) is 0.703. The average Bonchev–Trinajstić information content (AvgIpc) is 2.69. The Bertz CT molecular complexity index is 721. The number of hydrogen-bond donors (Lipinski definition) is 1. The minimum Gasteiger partial charge on any atom is -0.491 e. The molecule has 3 rings (SSSR count). The molecule has 1 aliphatic rings. The summed E-state index contributed by atoms with van der Waals surface area (Å²) in [6, 6.07) is 15.4. The quantitative estimate of drug-likeness (QED) is 0.786. The number of benzene rings is 2. The van der Waals surface area contributed by atoms with Gasteiger partial charge in [0, 0.05) is 18.7 Å². The third-order valence-electron chi connectivity index (χ3n) is 4.88. The summed E-state index contributed by atoms with van der Waals surface area (Å²) in [5, 5.41) is 3.07. The van der Waals surface area contributed by atoms with Gasteiger partial charge in [0.15, 0.2) is 0 Å². The Hall–Kier alpha value is -2.49. The Balaban J connectivity index is 1.70. The second kappa shape index (κ2) is 8.75. The summed E-state index contributed by atoms with van der Waals surface area (Å²) < 4.78 is 5.78. The normalized spacial score (nSPS) is 15.4. The molecule has 0 radical (unpaired) electrons. The van der Waals surface area contributed by atoms with Crippen molar-refractivity contribution in [2.45, 2.75) is 45.6 Å². The summed E-state index contributed by atoms with van der Waals surface area (Å²) in [6.45, 7) is 6.23. The minimum absolute atomic E-state index is 0.0930. The number of anilines is 2. The van der Waals surface area contributed by atoms with Crippen LogP contribution in [0.2, 0.25) is 0 Å². The van der Waals surface area contributed by atoms with E-state index < -0.39 is 0 Å². The van der Waals surface area contributed by atoms with Crippen LogP contribution < -0.4 is 15.0 Å². The highest BCUT2D eigenvalue weighted by Gasteiger charge is 2.16. The van der Waals surface area contributed by atoms with Gasteiger partial charge in [0.05, 0.1) is 17.5 Å².